The fraction of sp³-hybridized carbons (Fsp3) is 0.939. The summed E-state index contributed by atoms with van der Waals surface area (Å²) >= 11 is 0. The lowest BCUT2D eigenvalue weighted by Crippen LogP contribution is -2.30. The summed E-state index contributed by atoms with van der Waals surface area (Å²) in [5.74, 6) is 0.779. The third-order valence-electron chi connectivity index (χ3n) is 11.0. The van der Waals surface area contributed by atoms with Crippen LogP contribution in [-0.2, 0) is 28.6 Å². The molecule has 55 heavy (non-hydrogen) atoms. The predicted molar refractivity (Wildman–Crippen MR) is 233 cm³/mol. The van der Waals surface area contributed by atoms with Crippen LogP contribution in [0.5, 0.6) is 0 Å². The number of carbonyl (C=O) groups is 3. The minimum absolute atomic E-state index is 0.0646. The van der Waals surface area contributed by atoms with Crippen molar-refractivity contribution in [3.63, 3.8) is 0 Å². The van der Waals surface area contributed by atoms with Crippen molar-refractivity contribution in [2.45, 2.75) is 272 Å². The topological polar surface area (TPSA) is 78.9 Å². The zero-order valence-corrected chi connectivity index (χ0v) is 37.6. The van der Waals surface area contributed by atoms with Gasteiger partial charge in [0, 0.05) is 19.3 Å². The zero-order chi connectivity index (χ0) is 40.5. The first-order valence-electron chi connectivity index (χ1n) is 24.2. The summed E-state index contributed by atoms with van der Waals surface area (Å²) in [7, 11) is 0. The van der Waals surface area contributed by atoms with Gasteiger partial charge in [-0.25, -0.2) is 0 Å². The van der Waals surface area contributed by atoms with E-state index in [0.717, 1.165) is 69.6 Å². The highest BCUT2D eigenvalue weighted by Gasteiger charge is 2.19. The number of unbranched alkanes of at least 4 members (excludes halogenated alkanes) is 28. The van der Waals surface area contributed by atoms with E-state index < -0.39 is 6.10 Å². The Bertz CT molecular complexity index is 839. The molecule has 326 valence electrons. The Hall–Kier alpha value is -1.59. The van der Waals surface area contributed by atoms with Crippen LogP contribution in [-0.4, -0.2) is 37.2 Å². The SMILES string of the molecule is CCCCCCCCCCCCC(=O)OC[C@@H](COC(=O)CCCCCCCCCCC(C)C)OC(=O)CCCCCCCCCCCCCCCC(C)C. The molecule has 6 heteroatoms. The Morgan fingerprint density at radius 3 is 0.891 bits per heavy atom. The summed E-state index contributed by atoms with van der Waals surface area (Å²) in [6.45, 7) is 11.3. The Morgan fingerprint density at radius 1 is 0.345 bits per heavy atom. The van der Waals surface area contributed by atoms with Gasteiger partial charge in [0.15, 0.2) is 6.10 Å². The van der Waals surface area contributed by atoms with E-state index in [1.807, 2.05) is 0 Å². The number of rotatable bonds is 43. The fourth-order valence-corrected chi connectivity index (χ4v) is 7.28. The summed E-state index contributed by atoms with van der Waals surface area (Å²) < 4.78 is 16.7. The summed E-state index contributed by atoms with van der Waals surface area (Å²) in [5, 5.41) is 0. The lowest BCUT2D eigenvalue weighted by Gasteiger charge is -2.18. The molecule has 1 atom stereocenters. The largest absolute Gasteiger partial charge is 0.462 e. The van der Waals surface area contributed by atoms with Gasteiger partial charge in [0.25, 0.3) is 0 Å². The first-order valence-corrected chi connectivity index (χ1v) is 24.2. The Labute approximate surface area is 342 Å². The van der Waals surface area contributed by atoms with Crippen LogP contribution < -0.4 is 0 Å². The first-order chi connectivity index (χ1) is 26.7. The van der Waals surface area contributed by atoms with Crippen molar-refractivity contribution >= 4 is 17.9 Å². The molecule has 0 aliphatic heterocycles. The fourth-order valence-electron chi connectivity index (χ4n) is 7.28. The predicted octanol–water partition coefficient (Wildman–Crippen LogP) is 15.4. The molecular formula is C49H94O6. The van der Waals surface area contributed by atoms with Crippen molar-refractivity contribution in [2.75, 3.05) is 13.2 Å². The average Bonchev–Trinajstić information content (AvgIpc) is 3.15. The van der Waals surface area contributed by atoms with E-state index in [4.69, 9.17) is 14.2 Å². The molecule has 0 aromatic heterocycles. The molecule has 0 heterocycles. The first kappa shape index (κ1) is 53.4. The van der Waals surface area contributed by atoms with Crippen LogP contribution in [0.4, 0.5) is 0 Å². The molecule has 0 aromatic rings. The Balaban J connectivity index is 4.30. The van der Waals surface area contributed by atoms with Crippen molar-refractivity contribution in [3.05, 3.63) is 0 Å². The molecule has 6 nitrogen and oxygen atoms in total. The number of esters is 3. The molecule has 0 fully saturated rings. The van der Waals surface area contributed by atoms with Gasteiger partial charge in [0.1, 0.15) is 13.2 Å². The highest BCUT2D eigenvalue weighted by Crippen LogP contribution is 2.17. The van der Waals surface area contributed by atoms with Crippen LogP contribution in [0.1, 0.15) is 266 Å². The van der Waals surface area contributed by atoms with Crippen LogP contribution >= 0.6 is 0 Å². The van der Waals surface area contributed by atoms with Gasteiger partial charge >= 0.3 is 17.9 Å². The van der Waals surface area contributed by atoms with Gasteiger partial charge in [-0.2, -0.15) is 0 Å². The van der Waals surface area contributed by atoms with Crippen molar-refractivity contribution < 1.29 is 28.6 Å². The third-order valence-corrected chi connectivity index (χ3v) is 11.0. The number of hydrogen-bond acceptors (Lipinski definition) is 6. The molecule has 0 aliphatic rings. The van der Waals surface area contributed by atoms with E-state index in [-0.39, 0.29) is 31.1 Å². The maximum atomic E-state index is 12.7. The molecule has 0 N–H and O–H groups in total. The molecular weight excluding hydrogens is 685 g/mol. The van der Waals surface area contributed by atoms with Crippen molar-refractivity contribution in [1.29, 1.82) is 0 Å². The average molecular weight is 779 g/mol. The van der Waals surface area contributed by atoms with Gasteiger partial charge < -0.3 is 14.2 Å². The highest BCUT2D eigenvalue weighted by molar-refractivity contribution is 5.71. The lowest BCUT2D eigenvalue weighted by molar-refractivity contribution is -0.167. The molecule has 0 saturated carbocycles. The second kappa shape index (κ2) is 42.0. The van der Waals surface area contributed by atoms with Crippen molar-refractivity contribution in [3.8, 4) is 0 Å². The monoisotopic (exact) mass is 779 g/mol. The molecule has 0 spiro atoms. The zero-order valence-electron chi connectivity index (χ0n) is 37.6. The van der Waals surface area contributed by atoms with E-state index >= 15 is 0 Å². The maximum absolute atomic E-state index is 12.7. The van der Waals surface area contributed by atoms with E-state index in [2.05, 4.69) is 34.6 Å². The summed E-state index contributed by atoms with van der Waals surface area (Å²) in [5.41, 5.74) is 0. The smallest absolute Gasteiger partial charge is 0.306 e. The van der Waals surface area contributed by atoms with E-state index in [1.54, 1.807) is 0 Å². The summed E-state index contributed by atoms with van der Waals surface area (Å²) in [4.78, 5) is 37.8. The number of hydrogen-bond donors (Lipinski definition) is 0. The Kier molecular flexibility index (Phi) is 40.8. The van der Waals surface area contributed by atoms with Crippen LogP contribution in [0, 0.1) is 11.8 Å². The molecule has 0 aliphatic carbocycles. The normalized spacial score (nSPS) is 12.1. The second-order valence-electron chi connectivity index (χ2n) is 17.7. The second-order valence-corrected chi connectivity index (χ2v) is 17.7. The minimum Gasteiger partial charge on any atom is -0.462 e. The van der Waals surface area contributed by atoms with E-state index in [1.165, 1.54) is 154 Å². The summed E-state index contributed by atoms with van der Waals surface area (Å²) in [6, 6.07) is 0. The lowest BCUT2D eigenvalue weighted by atomic mass is 10.0. The number of carbonyl (C=O) groups excluding carboxylic acids is 3. The van der Waals surface area contributed by atoms with Gasteiger partial charge in [-0.05, 0) is 31.1 Å². The van der Waals surface area contributed by atoms with Gasteiger partial charge in [-0.1, -0.05) is 227 Å². The Morgan fingerprint density at radius 2 is 0.600 bits per heavy atom. The standard InChI is InChI=1S/C49H94O6/c1-6-7-8-9-10-11-18-24-29-34-39-47(50)53-42-46(43-54-48(51)40-35-30-25-21-20-23-28-33-38-45(4)5)55-49(52)41-36-31-26-19-16-14-12-13-15-17-22-27-32-37-44(2)3/h44-46H,6-43H2,1-5H3/t46-/m0/s1. The summed E-state index contributed by atoms with van der Waals surface area (Å²) in [6.07, 6.45) is 40.9. The van der Waals surface area contributed by atoms with Crippen molar-refractivity contribution in [2.24, 2.45) is 11.8 Å². The van der Waals surface area contributed by atoms with Crippen LogP contribution in [0.25, 0.3) is 0 Å². The molecule has 0 amide bonds. The maximum Gasteiger partial charge on any atom is 0.306 e. The van der Waals surface area contributed by atoms with Crippen molar-refractivity contribution in [1.82, 2.24) is 0 Å². The molecule has 0 bridgehead atoms. The van der Waals surface area contributed by atoms with Gasteiger partial charge in [0.05, 0.1) is 0 Å². The molecule has 0 unspecified atom stereocenters. The van der Waals surface area contributed by atoms with Crippen LogP contribution in [0.3, 0.4) is 0 Å². The third kappa shape index (κ3) is 43.4. The number of ether oxygens (including phenoxy) is 3. The van der Waals surface area contributed by atoms with Gasteiger partial charge in [0.2, 0.25) is 0 Å². The van der Waals surface area contributed by atoms with Gasteiger partial charge in [-0.3, -0.25) is 14.4 Å². The molecule has 0 aromatic carbocycles. The minimum atomic E-state index is -0.760. The van der Waals surface area contributed by atoms with Gasteiger partial charge in [-0.15, -0.1) is 0 Å². The molecule has 0 radical (unpaired) electrons. The molecule has 0 saturated heterocycles. The molecule has 0 rings (SSSR count). The highest BCUT2D eigenvalue weighted by atomic mass is 16.6. The van der Waals surface area contributed by atoms with Crippen LogP contribution in [0.15, 0.2) is 0 Å². The van der Waals surface area contributed by atoms with Crippen LogP contribution in [0.2, 0.25) is 0 Å². The van der Waals surface area contributed by atoms with E-state index in [9.17, 15) is 14.4 Å². The van der Waals surface area contributed by atoms with E-state index in [0.29, 0.717) is 19.3 Å². The quantitative estimate of drug-likeness (QED) is 0.0348.